The van der Waals surface area contributed by atoms with Crippen molar-refractivity contribution in [3.8, 4) is 0 Å². The third-order valence-electron chi connectivity index (χ3n) is 4.65. The van der Waals surface area contributed by atoms with Gasteiger partial charge in [0.15, 0.2) is 0 Å². The fourth-order valence-corrected chi connectivity index (χ4v) is 3.33. The lowest BCUT2D eigenvalue weighted by atomic mass is 9.66. The predicted molar refractivity (Wildman–Crippen MR) is 93.1 cm³/mol. The highest BCUT2D eigenvalue weighted by atomic mass is 16.3. The molecule has 0 aromatic heterocycles. The predicted octanol–water partition coefficient (Wildman–Crippen LogP) is 3.74. The second kappa shape index (κ2) is 7.57. The summed E-state index contributed by atoms with van der Waals surface area (Å²) in [4.78, 5) is 0. The Hall–Kier alpha value is -1.64. The van der Waals surface area contributed by atoms with Gasteiger partial charge in [0.25, 0.3) is 0 Å². The molecule has 0 aliphatic carbocycles. The van der Waals surface area contributed by atoms with Crippen LogP contribution in [-0.4, -0.2) is 24.3 Å². The molecular weight excluding hydrogens is 270 g/mol. The molecule has 2 aromatic carbocycles. The largest absolute Gasteiger partial charge is 0.392 e. The van der Waals surface area contributed by atoms with Crippen molar-refractivity contribution in [3.05, 3.63) is 71.8 Å². The maximum atomic E-state index is 11.0. The summed E-state index contributed by atoms with van der Waals surface area (Å²) < 4.78 is 0. The van der Waals surface area contributed by atoms with Crippen molar-refractivity contribution in [3.63, 3.8) is 0 Å². The van der Waals surface area contributed by atoms with Crippen molar-refractivity contribution in [1.82, 2.24) is 5.32 Å². The molecule has 0 heterocycles. The van der Waals surface area contributed by atoms with Gasteiger partial charge in [0, 0.05) is 11.5 Å². The molecule has 0 fully saturated rings. The number of hydrogen-bond acceptors (Lipinski definition) is 2. The summed E-state index contributed by atoms with van der Waals surface area (Å²) in [5.74, 6) is 0. The van der Waals surface area contributed by atoms with E-state index in [0.717, 1.165) is 12.8 Å². The normalized spacial score (nSPS) is 14.5. The van der Waals surface area contributed by atoms with Crippen molar-refractivity contribution in [2.24, 2.45) is 0 Å². The van der Waals surface area contributed by atoms with Gasteiger partial charge in [-0.25, -0.2) is 0 Å². The Balaban J connectivity index is 2.63. The van der Waals surface area contributed by atoms with E-state index >= 15 is 0 Å². The molecule has 118 valence electrons. The van der Waals surface area contributed by atoms with E-state index in [4.69, 9.17) is 0 Å². The van der Waals surface area contributed by atoms with E-state index in [1.54, 1.807) is 0 Å². The average Bonchev–Trinajstić information content (AvgIpc) is 2.60. The van der Waals surface area contributed by atoms with Crippen LogP contribution in [0.2, 0.25) is 0 Å². The van der Waals surface area contributed by atoms with Crippen molar-refractivity contribution >= 4 is 0 Å². The number of nitrogens with one attached hydrogen (secondary N) is 1. The molecule has 0 amide bonds. The molecule has 0 aliphatic rings. The van der Waals surface area contributed by atoms with E-state index in [1.807, 2.05) is 19.2 Å². The highest BCUT2D eigenvalue weighted by Crippen LogP contribution is 2.41. The Morgan fingerprint density at radius 1 is 0.955 bits per heavy atom. The van der Waals surface area contributed by atoms with Gasteiger partial charge in [-0.3, -0.25) is 0 Å². The Bertz CT molecular complexity index is 513. The molecule has 0 spiro atoms. The van der Waals surface area contributed by atoms with Crippen molar-refractivity contribution in [1.29, 1.82) is 0 Å². The van der Waals surface area contributed by atoms with E-state index in [-0.39, 0.29) is 5.41 Å². The molecule has 0 radical (unpaired) electrons. The standard InChI is InChI=1S/C20H27NO/c1-4-19(22)20(15-16(2)21-3,17-11-7-5-8-12-17)18-13-9-6-10-14-18/h5-14,16,19,21-22H,4,15H2,1-3H3/t16-,19-/m1/s1. The Kier molecular flexibility index (Phi) is 5.76. The minimum Gasteiger partial charge on any atom is -0.392 e. The lowest BCUT2D eigenvalue weighted by molar-refractivity contribution is 0.0872. The highest BCUT2D eigenvalue weighted by molar-refractivity contribution is 5.41. The fraction of sp³-hybridized carbons (Fsp3) is 0.400. The van der Waals surface area contributed by atoms with E-state index in [2.05, 4.69) is 67.7 Å². The summed E-state index contributed by atoms with van der Waals surface area (Å²) in [6, 6.07) is 21.1. The Morgan fingerprint density at radius 3 is 1.77 bits per heavy atom. The summed E-state index contributed by atoms with van der Waals surface area (Å²) in [6.07, 6.45) is 1.15. The molecule has 2 rings (SSSR count). The molecule has 0 bridgehead atoms. The van der Waals surface area contributed by atoms with E-state index < -0.39 is 6.10 Å². The van der Waals surface area contributed by atoms with Gasteiger partial charge in [-0.1, -0.05) is 67.6 Å². The number of rotatable bonds is 7. The maximum Gasteiger partial charge on any atom is 0.0675 e. The van der Waals surface area contributed by atoms with Crippen LogP contribution in [0.25, 0.3) is 0 Å². The molecule has 2 aromatic rings. The highest BCUT2D eigenvalue weighted by Gasteiger charge is 2.41. The van der Waals surface area contributed by atoms with Gasteiger partial charge in [-0.15, -0.1) is 0 Å². The zero-order valence-electron chi connectivity index (χ0n) is 13.8. The van der Waals surface area contributed by atoms with Crippen LogP contribution in [0.15, 0.2) is 60.7 Å². The van der Waals surface area contributed by atoms with Crippen LogP contribution in [0.5, 0.6) is 0 Å². The summed E-state index contributed by atoms with van der Waals surface area (Å²) in [5.41, 5.74) is 1.97. The number of aliphatic hydroxyl groups excluding tert-OH is 1. The lowest BCUT2D eigenvalue weighted by Crippen LogP contribution is -2.45. The number of hydrogen-bond donors (Lipinski definition) is 2. The first-order valence-electron chi connectivity index (χ1n) is 8.11. The summed E-state index contributed by atoms with van der Waals surface area (Å²) in [7, 11) is 1.98. The van der Waals surface area contributed by atoms with Crippen LogP contribution in [0.4, 0.5) is 0 Å². The second-order valence-electron chi connectivity index (χ2n) is 6.02. The molecule has 0 saturated carbocycles. The van der Waals surface area contributed by atoms with Gasteiger partial charge in [-0.05, 0) is 37.9 Å². The minimum atomic E-state index is -0.423. The zero-order chi connectivity index (χ0) is 16.0. The third kappa shape index (κ3) is 3.23. The molecular formula is C20H27NO. The van der Waals surface area contributed by atoms with Crippen molar-refractivity contribution in [2.75, 3.05) is 7.05 Å². The van der Waals surface area contributed by atoms with Crippen LogP contribution < -0.4 is 5.32 Å². The van der Waals surface area contributed by atoms with Crippen LogP contribution >= 0.6 is 0 Å². The van der Waals surface area contributed by atoms with Crippen LogP contribution in [0.1, 0.15) is 37.8 Å². The fourth-order valence-electron chi connectivity index (χ4n) is 3.33. The summed E-state index contributed by atoms with van der Waals surface area (Å²) in [6.45, 7) is 4.22. The topological polar surface area (TPSA) is 32.3 Å². The lowest BCUT2D eigenvalue weighted by Gasteiger charge is -2.41. The maximum absolute atomic E-state index is 11.0. The SMILES string of the molecule is CC[C@@H](O)C(C[C@@H](C)NC)(c1ccccc1)c1ccccc1. The molecule has 2 nitrogen and oxygen atoms in total. The third-order valence-corrected chi connectivity index (χ3v) is 4.65. The number of benzene rings is 2. The summed E-state index contributed by atoms with van der Waals surface area (Å²) in [5, 5.41) is 14.3. The smallest absolute Gasteiger partial charge is 0.0675 e. The molecule has 22 heavy (non-hydrogen) atoms. The Morgan fingerprint density at radius 2 is 1.41 bits per heavy atom. The van der Waals surface area contributed by atoms with Crippen molar-refractivity contribution < 1.29 is 5.11 Å². The molecule has 2 N–H and O–H groups in total. The first-order chi connectivity index (χ1) is 10.6. The second-order valence-corrected chi connectivity index (χ2v) is 6.02. The molecule has 0 unspecified atom stereocenters. The minimum absolute atomic E-state index is 0.307. The van der Waals surface area contributed by atoms with Crippen LogP contribution in [-0.2, 0) is 5.41 Å². The van der Waals surface area contributed by atoms with Gasteiger partial charge < -0.3 is 10.4 Å². The van der Waals surface area contributed by atoms with Gasteiger partial charge in [0.1, 0.15) is 0 Å². The molecule has 0 saturated heterocycles. The van der Waals surface area contributed by atoms with Crippen LogP contribution in [0.3, 0.4) is 0 Å². The zero-order valence-corrected chi connectivity index (χ0v) is 13.8. The molecule has 2 atom stereocenters. The van der Waals surface area contributed by atoms with E-state index in [9.17, 15) is 5.11 Å². The monoisotopic (exact) mass is 297 g/mol. The van der Waals surface area contributed by atoms with Gasteiger partial charge in [-0.2, -0.15) is 0 Å². The average molecular weight is 297 g/mol. The van der Waals surface area contributed by atoms with Gasteiger partial charge >= 0.3 is 0 Å². The van der Waals surface area contributed by atoms with Crippen LogP contribution in [0, 0.1) is 0 Å². The first kappa shape index (κ1) is 16.7. The van der Waals surface area contributed by atoms with Crippen molar-refractivity contribution in [2.45, 2.75) is 44.2 Å². The summed E-state index contributed by atoms with van der Waals surface area (Å²) >= 11 is 0. The van der Waals surface area contributed by atoms with Gasteiger partial charge in [0.2, 0.25) is 0 Å². The van der Waals surface area contributed by atoms with E-state index in [1.165, 1.54) is 11.1 Å². The van der Waals surface area contributed by atoms with Gasteiger partial charge in [0.05, 0.1) is 6.10 Å². The quantitative estimate of drug-likeness (QED) is 0.816. The van der Waals surface area contributed by atoms with E-state index in [0.29, 0.717) is 6.04 Å². The number of aliphatic hydroxyl groups is 1. The molecule has 0 aliphatic heterocycles. The molecule has 2 heteroatoms. The Labute approximate surface area is 134 Å². The first-order valence-corrected chi connectivity index (χ1v) is 8.11.